The molecule has 0 unspecified atom stereocenters. The van der Waals surface area contributed by atoms with Crippen molar-refractivity contribution in [3.8, 4) is 11.1 Å². The molecule has 6 aromatic rings. The van der Waals surface area contributed by atoms with Crippen LogP contribution in [0.25, 0.3) is 11.1 Å². The van der Waals surface area contributed by atoms with Gasteiger partial charge in [-0.3, -0.25) is 0 Å². The zero-order chi connectivity index (χ0) is 30.2. The summed E-state index contributed by atoms with van der Waals surface area (Å²) < 4.78 is 0. The minimum absolute atomic E-state index is 1.13. The van der Waals surface area contributed by atoms with E-state index in [2.05, 4.69) is 182 Å². The van der Waals surface area contributed by atoms with Crippen molar-refractivity contribution in [3.05, 3.63) is 168 Å². The Kier molecular flexibility index (Phi) is 9.39. The number of rotatable bonds is 7. The maximum Gasteiger partial charge on any atom is 0.0462 e. The zero-order valence-electron chi connectivity index (χ0n) is 25.8. The third-order valence-electron chi connectivity index (χ3n) is 7.48. The Morgan fingerprint density at radius 3 is 0.791 bits per heavy atom. The van der Waals surface area contributed by atoms with Crippen molar-refractivity contribution >= 4 is 34.1 Å². The lowest BCUT2D eigenvalue weighted by molar-refractivity contribution is 1.27. The van der Waals surface area contributed by atoms with E-state index in [1.165, 1.54) is 27.8 Å². The fraction of sp³-hybridized carbons (Fsp3) is 0.122. The van der Waals surface area contributed by atoms with E-state index < -0.39 is 0 Å². The van der Waals surface area contributed by atoms with Gasteiger partial charge in [0.1, 0.15) is 0 Å². The topological polar surface area (TPSA) is 6.48 Å². The smallest absolute Gasteiger partial charge is 0.0462 e. The molecule has 0 bridgehead atoms. The Morgan fingerprint density at radius 1 is 0.279 bits per heavy atom. The summed E-state index contributed by atoms with van der Waals surface area (Å²) >= 11 is 0. The van der Waals surface area contributed by atoms with Crippen molar-refractivity contribution in [2.24, 2.45) is 0 Å². The van der Waals surface area contributed by atoms with Crippen LogP contribution in [0.2, 0.25) is 0 Å². The summed E-state index contributed by atoms with van der Waals surface area (Å²) in [5.41, 5.74) is 13.0. The predicted molar refractivity (Wildman–Crippen MR) is 187 cm³/mol. The minimum Gasteiger partial charge on any atom is -0.311 e. The van der Waals surface area contributed by atoms with Gasteiger partial charge in [0.15, 0.2) is 0 Å². The van der Waals surface area contributed by atoms with Crippen LogP contribution in [-0.2, 0) is 0 Å². The largest absolute Gasteiger partial charge is 0.311 e. The Morgan fingerprint density at radius 2 is 0.512 bits per heavy atom. The molecule has 0 heterocycles. The molecular weight excluding hydrogens is 520 g/mol. The maximum absolute atomic E-state index is 2.31. The van der Waals surface area contributed by atoms with Gasteiger partial charge in [-0.2, -0.15) is 0 Å². The summed E-state index contributed by atoms with van der Waals surface area (Å²) in [7, 11) is 0. The van der Waals surface area contributed by atoms with Crippen LogP contribution in [0, 0.1) is 20.8 Å². The summed E-state index contributed by atoms with van der Waals surface area (Å²) in [5, 5.41) is 0. The van der Waals surface area contributed by atoms with E-state index in [-0.39, 0.29) is 0 Å². The number of nitrogens with zero attached hydrogens (tertiary/aromatic N) is 2. The summed E-state index contributed by atoms with van der Waals surface area (Å²) in [6.07, 6.45) is 0. The van der Waals surface area contributed by atoms with Crippen molar-refractivity contribution < 1.29 is 0 Å². The van der Waals surface area contributed by atoms with Crippen molar-refractivity contribution in [3.63, 3.8) is 0 Å². The Bertz CT molecular complexity index is 1660. The highest BCUT2D eigenvalue weighted by Crippen LogP contribution is 2.38. The van der Waals surface area contributed by atoms with Crippen LogP contribution in [0.1, 0.15) is 30.5 Å². The van der Waals surface area contributed by atoms with Crippen molar-refractivity contribution in [1.29, 1.82) is 0 Å². The van der Waals surface area contributed by atoms with Crippen molar-refractivity contribution in [2.45, 2.75) is 34.6 Å². The lowest BCUT2D eigenvalue weighted by Gasteiger charge is -2.26. The molecule has 6 aromatic carbocycles. The van der Waals surface area contributed by atoms with Gasteiger partial charge >= 0.3 is 0 Å². The molecule has 214 valence electrons. The van der Waals surface area contributed by atoms with E-state index in [9.17, 15) is 0 Å². The second kappa shape index (κ2) is 13.7. The molecule has 43 heavy (non-hydrogen) atoms. The number of para-hydroxylation sites is 1. The first-order chi connectivity index (χ1) is 21.0. The quantitative estimate of drug-likeness (QED) is 0.192. The van der Waals surface area contributed by atoms with E-state index >= 15 is 0 Å². The van der Waals surface area contributed by atoms with E-state index in [1.54, 1.807) is 0 Å². The normalized spacial score (nSPS) is 10.4. The number of aryl methyl sites for hydroxylation is 3. The van der Waals surface area contributed by atoms with Crippen molar-refractivity contribution in [2.75, 3.05) is 9.80 Å². The fourth-order valence-corrected chi connectivity index (χ4v) is 5.16. The van der Waals surface area contributed by atoms with Crippen LogP contribution < -0.4 is 9.80 Å². The first-order valence-electron chi connectivity index (χ1n) is 15.1. The molecule has 0 amide bonds. The average Bonchev–Trinajstić information content (AvgIpc) is 3.06. The molecule has 0 aliphatic heterocycles. The molecule has 0 N–H and O–H groups in total. The molecule has 2 heteroatoms. The summed E-state index contributed by atoms with van der Waals surface area (Å²) in [4.78, 5) is 4.61. The van der Waals surface area contributed by atoms with Crippen LogP contribution in [0.4, 0.5) is 34.1 Å². The standard InChI is InChI=1S/C39H34N2.C2H6/c1-29-9-19-35(20-10-29)40(34-7-5-4-6-8-34)38-25-15-32(16-26-38)33-17-27-39(28-18-33)41(36-21-11-30(2)12-22-36)37-23-13-31(3)14-24-37;1-2/h4-28H,1-3H3;1-2H3. The Labute approximate surface area is 257 Å². The van der Waals surface area contributed by atoms with Gasteiger partial charge in [-0.05, 0) is 105 Å². The van der Waals surface area contributed by atoms with Gasteiger partial charge in [-0.1, -0.05) is 109 Å². The Balaban J connectivity index is 0.00000180. The molecule has 0 aliphatic rings. The predicted octanol–water partition coefficient (Wildman–Crippen LogP) is 12.2. The number of benzene rings is 6. The van der Waals surface area contributed by atoms with Gasteiger partial charge < -0.3 is 9.80 Å². The van der Waals surface area contributed by atoms with Gasteiger partial charge in [0, 0.05) is 34.1 Å². The molecular formula is C41H40N2. The Hall–Kier alpha value is -5.08. The van der Waals surface area contributed by atoms with Crippen LogP contribution in [-0.4, -0.2) is 0 Å². The third-order valence-corrected chi connectivity index (χ3v) is 7.48. The second-order valence-corrected chi connectivity index (χ2v) is 10.6. The summed E-state index contributed by atoms with van der Waals surface area (Å²) in [6.45, 7) is 10.4. The molecule has 0 saturated carbocycles. The van der Waals surface area contributed by atoms with Gasteiger partial charge in [0.2, 0.25) is 0 Å². The minimum atomic E-state index is 1.13. The highest BCUT2D eigenvalue weighted by molar-refractivity contribution is 5.80. The summed E-state index contributed by atoms with van der Waals surface area (Å²) in [6, 6.07) is 54.4. The molecule has 0 radical (unpaired) electrons. The van der Waals surface area contributed by atoms with Gasteiger partial charge in [-0.15, -0.1) is 0 Å². The first-order valence-corrected chi connectivity index (χ1v) is 15.1. The lowest BCUT2D eigenvalue weighted by atomic mass is 10.0. The molecule has 0 aliphatic carbocycles. The molecule has 0 atom stereocenters. The number of hydrogen-bond acceptors (Lipinski definition) is 2. The molecule has 2 nitrogen and oxygen atoms in total. The average molecular weight is 561 g/mol. The van der Waals surface area contributed by atoms with Gasteiger partial charge in [0.05, 0.1) is 0 Å². The highest BCUT2D eigenvalue weighted by Gasteiger charge is 2.14. The van der Waals surface area contributed by atoms with Crippen LogP contribution in [0.3, 0.4) is 0 Å². The van der Waals surface area contributed by atoms with Gasteiger partial charge in [0.25, 0.3) is 0 Å². The van der Waals surface area contributed by atoms with Crippen LogP contribution >= 0.6 is 0 Å². The number of anilines is 6. The molecule has 0 fully saturated rings. The van der Waals surface area contributed by atoms with E-state index in [1.807, 2.05) is 13.8 Å². The number of hydrogen-bond donors (Lipinski definition) is 0. The lowest BCUT2D eigenvalue weighted by Crippen LogP contribution is -2.10. The van der Waals surface area contributed by atoms with E-state index in [4.69, 9.17) is 0 Å². The van der Waals surface area contributed by atoms with Crippen LogP contribution in [0.5, 0.6) is 0 Å². The second-order valence-electron chi connectivity index (χ2n) is 10.6. The van der Waals surface area contributed by atoms with Crippen LogP contribution in [0.15, 0.2) is 152 Å². The van der Waals surface area contributed by atoms with Crippen molar-refractivity contribution in [1.82, 2.24) is 0 Å². The molecule has 0 saturated heterocycles. The SMILES string of the molecule is CC.Cc1ccc(N(c2ccccc2)c2ccc(-c3ccc(N(c4ccc(C)cc4)c4ccc(C)cc4)cc3)cc2)cc1. The third kappa shape index (κ3) is 6.88. The van der Waals surface area contributed by atoms with E-state index in [0.717, 1.165) is 34.1 Å². The maximum atomic E-state index is 2.31. The van der Waals surface area contributed by atoms with Gasteiger partial charge in [-0.25, -0.2) is 0 Å². The van der Waals surface area contributed by atoms with E-state index in [0.29, 0.717) is 0 Å². The highest BCUT2D eigenvalue weighted by atomic mass is 15.1. The molecule has 0 spiro atoms. The fourth-order valence-electron chi connectivity index (χ4n) is 5.16. The molecule has 6 rings (SSSR count). The monoisotopic (exact) mass is 560 g/mol. The zero-order valence-corrected chi connectivity index (χ0v) is 25.8. The first kappa shape index (κ1) is 29.4. The summed E-state index contributed by atoms with van der Waals surface area (Å²) in [5.74, 6) is 0. The molecule has 0 aromatic heterocycles.